The SMILES string of the molecule is C[C@H]1[C@@H](CC(=O)N(CCNC(=O)OCC2c3ccccc3-c3ccccc32)CC(=O)O)O[C@@H]2O[C@@]3(C)CC[C@H]4[C@H](C)CC[C@@H]1[C@@]24OO3. The maximum atomic E-state index is 13.6. The fraction of sp³-hybridized carbons (Fsp3) is 0.583. The first-order valence-corrected chi connectivity index (χ1v) is 16.9. The molecule has 2 N–H and O–H groups in total. The van der Waals surface area contributed by atoms with E-state index in [1.165, 1.54) is 4.90 Å². The fourth-order valence-electron chi connectivity index (χ4n) is 8.91. The lowest BCUT2D eigenvalue weighted by Gasteiger charge is -2.60. The summed E-state index contributed by atoms with van der Waals surface area (Å²) < 4.78 is 18.6. The molecule has 6 aliphatic rings. The Morgan fingerprint density at radius 2 is 1.68 bits per heavy atom. The molecule has 252 valence electrons. The van der Waals surface area contributed by atoms with Crippen LogP contribution < -0.4 is 5.32 Å². The van der Waals surface area contributed by atoms with Gasteiger partial charge in [-0.1, -0.05) is 62.4 Å². The summed E-state index contributed by atoms with van der Waals surface area (Å²) in [5.41, 5.74) is 3.76. The Hall–Kier alpha value is -3.51. The summed E-state index contributed by atoms with van der Waals surface area (Å²) >= 11 is 0. The molecule has 2 aromatic rings. The molecule has 47 heavy (non-hydrogen) atoms. The molecule has 0 radical (unpaired) electrons. The Kier molecular flexibility index (Phi) is 8.53. The van der Waals surface area contributed by atoms with Crippen molar-refractivity contribution in [1.29, 1.82) is 0 Å². The van der Waals surface area contributed by atoms with E-state index in [-0.39, 0.29) is 55.7 Å². The van der Waals surface area contributed by atoms with E-state index in [2.05, 4.69) is 31.3 Å². The largest absolute Gasteiger partial charge is 0.480 e. The number of rotatable bonds is 9. The van der Waals surface area contributed by atoms with E-state index in [0.717, 1.165) is 41.5 Å². The van der Waals surface area contributed by atoms with Gasteiger partial charge in [-0.05, 0) is 66.2 Å². The highest BCUT2D eigenvalue weighted by atomic mass is 17.3. The van der Waals surface area contributed by atoms with Gasteiger partial charge in [0, 0.05) is 31.3 Å². The molecule has 5 fully saturated rings. The fourth-order valence-corrected chi connectivity index (χ4v) is 8.91. The van der Waals surface area contributed by atoms with Gasteiger partial charge >= 0.3 is 12.1 Å². The second-order valence-electron chi connectivity index (χ2n) is 14.1. The number of carbonyl (C=O) groups is 3. The summed E-state index contributed by atoms with van der Waals surface area (Å²) in [6, 6.07) is 16.2. The topological polar surface area (TPSA) is 133 Å². The van der Waals surface area contributed by atoms with Crippen molar-refractivity contribution in [3.8, 4) is 11.1 Å². The second-order valence-corrected chi connectivity index (χ2v) is 14.1. The van der Waals surface area contributed by atoms with Crippen LogP contribution in [0.1, 0.15) is 69.9 Å². The molecule has 1 spiro atoms. The van der Waals surface area contributed by atoms with Crippen LogP contribution in [0.5, 0.6) is 0 Å². The summed E-state index contributed by atoms with van der Waals surface area (Å²) in [4.78, 5) is 51.4. The number of carboxylic acids is 1. The van der Waals surface area contributed by atoms with E-state index >= 15 is 0 Å². The molecule has 4 heterocycles. The summed E-state index contributed by atoms with van der Waals surface area (Å²) in [5.74, 6) is -1.86. The van der Waals surface area contributed by atoms with Gasteiger partial charge in [0.2, 0.25) is 11.7 Å². The molecule has 1 saturated carbocycles. The number of hydrogen-bond acceptors (Lipinski definition) is 8. The molecule has 2 aromatic carbocycles. The molecule has 4 saturated heterocycles. The van der Waals surface area contributed by atoms with Crippen molar-refractivity contribution >= 4 is 18.0 Å². The normalized spacial score (nSPS) is 33.6. The summed E-state index contributed by atoms with van der Waals surface area (Å²) in [7, 11) is 0. The van der Waals surface area contributed by atoms with Crippen LogP contribution in [0.4, 0.5) is 4.79 Å². The van der Waals surface area contributed by atoms with Crippen LogP contribution in [0, 0.1) is 23.7 Å². The molecule has 11 nitrogen and oxygen atoms in total. The minimum Gasteiger partial charge on any atom is -0.480 e. The Labute approximate surface area is 274 Å². The van der Waals surface area contributed by atoms with Crippen LogP contribution >= 0.6 is 0 Å². The van der Waals surface area contributed by atoms with Crippen LogP contribution in [-0.4, -0.2) is 78.0 Å². The van der Waals surface area contributed by atoms with Gasteiger partial charge in [0.25, 0.3) is 0 Å². The van der Waals surface area contributed by atoms with Crippen molar-refractivity contribution in [2.75, 3.05) is 26.2 Å². The van der Waals surface area contributed by atoms with Crippen LogP contribution in [-0.2, 0) is 33.6 Å². The van der Waals surface area contributed by atoms with Crippen LogP contribution in [0.15, 0.2) is 48.5 Å². The number of hydrogen-bond donors (Lipinski definition) is 2. The molecule has 2 amide bonds. The lowest BCUT2D eigenvalue weighted by molar-refractivity contribution is -0.570. The van der Waals surface area contributed by atoms with Gasteiger partial charge in [-0.3, -0.25) is 9.59 Å². The number of amides is 2. The minimum atomic E-state index is -1.14. The van der Waals surface area contributed by atoms with E-state index < -0.39 is 42.4 Å². The number of carbonyl (C=O) groups excluding carboxylic acids is 2. The lowest BCUT2D eigenvalue weighted by atomic mass is 9.57. The molecule has 11 heteroatoms. The Morgan fingerprint density at radius 3 is 2.38 bits per heavy atom. The Bertz CT molecular complexity index is 1490. The third kappa shape index (κ3) is 5.71. The first-order valence-electron chi connectivity index (χ1n) is 16.9. The zero-order valence-corrected chi connectivity index (χ0v) is 27.2. The van der Waals surface area contributed by atoms with Gasteiger partial charge in [0.05, 0.1) is 12.5 Å². The third-order valence-corrected chi connectivity index (χ3v) is 11.3. The number of ether oxygens (including phenoxy) is 3. The minimum absolute atomic E-state index is 0.0103. The van der Waals surface area contributed by atoms with E-state index in [1.807, 2.05) is 43.3 Å². The number of nitrogens with one attached hydrogen (secondary N) is 1. The molecule has 0 unspecified atom stereocenters. The van der Waals surface area contributed by atoms with Crippen LogP contribution in [0.3, 0.4) is 0 Å². The summed E-state index contributed by atoms with van der Waals surface area (Å²) in [6.07, 6.45) is 1.74. The Morgan fingerprint density at radius 1 is 0.979 bits per heavy atom. The van der Waals surface area contributed by atoms with Gasteiger partial charge in [0.1, 0.15) is 13.2 Å². The first-order chi connectivity index (χ1) is 22.6. The molecular formula is C36H44N2O9. The highest BCUT2D eigenvalue weighted by Crippen LogP contribution is 2.60. The number of aliphatic carboxylic acids is 1. The maximum absolute atomic E-state index is 13.6. The number of alkyl carbamates (subject to hydrolysis) is 1. The highest BCUT2D eigenvalue weighted by molar-refractivity contribution is 5.82. The second kappa shape index (κ2) is 12.5. The summed E-state index contributed by atoms with van der Waals surface area (Å²) in [5, 5.41) is 12.3. The molecule has 2 aliphatic carbocycles. The van der Waals surface area contributed by atoms with Gasteiger partial charge in [0.15, 0.2) is 11.9 Å². The maximum Gasteiger partial charge on any atom is 0.407 e. The zero-order chi connectivity index (χ0) is 32.9. The number of benzene rings is 2. The van der Waals surface area contributed by atoms with E-state index in [0.29, 0.717) is 12.3 Å². The average molecular weight is 649 g/mol. The van der Waals surface area contributed by atoms with E-state index in [4.69, 9.17) is 24.0 Å². The van der Waals surface area contributed by atoms with Gasteiger partial charge in [-0.2, -0.15) is 0 Å². The molecule has 8 atom stereocenters. The molecular weight excluding hydrogens is 604 g/mol. The number of carboxylic acid groups (broad SMARTS) is 1. The molecule has 8 rings (SSSR count). The van der Waals surface area contributed by atoms with Gasteiger partial charge in [-0.15, -0.1) is 0 Å². The van der Waals surface area contributed by atoms with Crippen molar-refractivity contribution in [2.45, 2.75) is 82.6 Å². The van der Waals surface area contributed by atoms with Crippen molar-refractivity contribution in [2.24, 2.45) is 23.7 Å². The average Bonchev–Trinajstić information content (AvgIpc) is 3.19. The van der Waals surface area contributed by atoms with Crippen LogP contribution in [0.25, 0.3) is 11.1 Å². The van der Waals surface area contributed by atoms with Crippen molar-refractivity contribution in [1.82, 2.24) is 10.2 Å². The molecule has 0 aromatic heterocycles. The zero-order valence-electron chi connectivity index (χ0n) is 27.2. The highest BCUT2D eigenvalue weighted by Gasteiger charge is 2.69. The van der Waals surface area contributed by atoms with Gasteiger partial charge in [-0.25, -0.2) is 14.6 Å². The summed E-state index contributed by atoms with van der Waals surface area (Å²) in [6.45, 7) is 5.90. The smallest absolute Gasteiger partial charge is 0.407 e. The third-order valence-electron chi connectivity index (χ3n) is 11.3. The predicted molar refractivity (Wildman–Crippen MR) is 169 cm³/mol. The van der Waals surface area contributed by atoms with Crippen molar-refractivity contribution in [3.05, 3.63) is 59.7 Å². The standard InChI is InChI=1S/C36H44N2O9/c1-21-12-13-29-22(2)30(44-33-36(29)28(21)14-15-35(3,45-33)46-47-36)18-31(39)38(19-32(40)41)17-16-37-34(42)43-20-27-25-10-6-4-8-23(25)24-9-5-7-11-26(24)27/h4-11,21-22,27-30,33H,12-20H2,1-3H3,(H,37,42)(H,40,41)/t21-,22-,28+,29+,30-,33-,35-,36-/m1/s1. The van der Waals surface area contributed by atoms with Crippen molar-refractivity contribution in [3.63, 3.8) is 0 Å². The number of fused-ring (bicyclic) bond motifs is 5. The van der Waals surface area contributed by atoms with Crippen molar-refractivity contribution < 1.29 is 43.5 Å². The van der Waals surface area contributed by atoms with E-state index in [1.54, 1.807) is 0 Å². The molecule has 2 bridgehead atoms. The van der Waals surface area contributed by atoms with Crippen LogP contribution in [0.2, 0.25) is 0 Å². The Balaban J connectivity index is 0.966. The number of nitrogens with zero attached hydrogens (tertiary/aromatic N) is 1. The van der Waals surface area contributed by atoms with E-state index in [9.17, 15) is 19.5 Å². The van der Waals surface area contributed by atoms with Gasteiger partial charge < -0.3 is 29.5 Å². The quantitative estimate of drug-likeness (QED) is 0.357. The lowest BCUT2D eigenvalue weighted by Crippen LogP contribution is -2.70. The monoisotopic (exact) mass is 648 g/mol. The first kappa shape index (κ1) is 32.1. The predicted octanol–water partition coefficient (Wildman–Crippen LogP) is 5.08. The molecule has 4 aliphatic heterocycles.